The second-order valence-electron chi connectivity index (χ2n) is 13.9. The summed E-state index contributed by atoms with van der Waals surface area (Å²) in [5, 5.41) is 2.37. The van der Waals surface area contributed by atoms with Crippen LogP contribution in [0.25, 0.3) is 21.8 Å². The molecule has 0 spiro atoms. The van der Waals surface area contributed by atoms with E-state index in [4.69, 9.17) is 9.47 Å². The maximum Gasteiger partial charge on any atom is 0.261 e. The van der Waals surface area contributed by atoms with Crippen LogP contribution in [0.5, 0.6) is 11.5 Å². The van der Waals surface area contributed by atoms with Gasteiger partial charge in [0.05, 0.1) is 0 Å². The third-order valence-electron chi connectivity index (χ3n) is 10.2. The summed E-state index contributed by atoms with van der Waals surface area (Å²) in [5.74, 6) is 2.42. The average molecular weight is 773 g/mol. The fraction of sp³-hybridized carbons (Fsp3) is 0.128. The second kappa shape index (κ2) is 16.5. The molecule has 0 bridgehead atoms. The van der Waals surface area contributed by atoms with Crippen molar-refractivity contribution in [3.8, 4) is 11.5 Å². The van der Waals surface area contributed by atoms with Gasteiger partial charge in [-0.3, -0.25) is 14.4 Å². The number of aromatic nitrogens is 2. The van der Waals surface area contributed by atoms with Gasteiger partial charge in [0.2, 0.25) is 6.79 Å². The molecule has 6 aromatic carbocycles. The minimum atomic E-state index is -0.132. The molecule has 56 heavy (non-hydrogen) atoms. The highest BCUT2D eigenvalue weighted by atomic mass is 32.2. The summed E-state index contributed by atoms with van der Waals surface area (Å²) in [5.41, 5.74) is 8.73. The van der Waals surface area contributed by atoms with Crippen molar-refractivity contribution in [2.45, 2.75) is 28.8 Å². The van der Waals surface area contributed by atoms with Gasteiger partial charge in [0.15, 0.2) is 11.5 Å². The number of thioether (sulfide) groups is 1. The SMILES string of the molecule is O=C(NSc1ccc(CN(CCSc2ccccc2)Cc2ccc3c(c2)OCO3)cc1)c1ccc(C(c2c[nH]c3ccccc23)c2c[nH]c3ccccc23)cc1. The quantitative estimate of drug-likeness (QED) is 0.0754. The molecule has 9 rings (SSSR count). The van der Waals surface area contributed by atoms with Crippen molar-refractivity contribution < 1.29 is 14.3 Å². The number of nitrogens with one attached hydrogen (secondary N) is 3. The Bertz CT molecular complexity index is 2510. The molecule has 8 aromatic rings. The number of carbonyl (C=O) groups excluding carboxylic acids is 1. The Balaban J connectivity index is 0.862. The first-order valence-electron chi connectivity index (χ1n) is 18.7. The summed E-state index contributed by atoms with van der Waals surface area (Å²) in [7, 11) is 0. The molecule has 0 atom stereocenters. The predicted octanol–water partition coefficient (Wildman–Crippen LogP) is 10.8. The Hall–Kier alpha value is -5.87. The molecular formula is C47H40N4O3S2. The number of amides is 1. The van der Waals surface area contributed by atoms with E-state index in [9.17, 15) is 4.79 Å². The molecule has 2 aromatic heterocycles. The second-order valence-corrected chi connectivity index (χ2v) is 15.9. The molecule has 3 heterocycles. The molecule has 0 saturated carbocycles. The van der Waals surface area contributed by atoms with Crippen molar-refractivity contribution in [1.82, 2.24) is 19.6 Å². The van der Waals surface area contributed by atoms with Crippen molar-refractivity contribution in [3.05, 3.63) is 191 Å². The first-order chi connectivity index (χ1) is 27.6. The molecule has 0 radical (unpaired) electrons. The standard InChI is InChI=1S/C47H40N4O3S2/c52-47(35-19-17-34(18-20-35)46(40-27-48-42-12-6-4-10-38(40)42)41-28-49-43-13-7-5-11-39(41)43)50-56-37-21-14-32(15-22-37)29-51(24-25-55-36-8-2-1-3-9-36)30-33-16-23-44-45(26-33)54-31-53-44/h1-23,26-28,46,48-49H,24-25,29-31H2,(H,50,52). The molecule has 0 fully saturated rings. The Morgan fingerprint density at radius 1 is 0.661 bits per heavy atom. The molecule has 1 amide bonds. The van der Waals surface area contributed by atoms with Gasteiger partial charge in [-0.05, 0) is 100 Å². The lowest BCUT2D eigenvalue weighted by molar-refractivity contribution is 0.0984. The first-order valence-corrected chi connectivity index (χ1v) is 20.5. The Morgan fingerprint density at radius 2 is 1.29 bits per heavy atom. The lowest BCUT2D eigenvalue weighted by Gasteiger charge is -2.23. The number of rotatable bonds is 14. The summed E-state index contributed by atoms with van der Waals surface area (Å²) in [6.07, 6.45) is 4.23. The minimum absolute atomic E-state index is 0.0251. The van der Waals surface area contributed by atoms with Crippen LogP contribution >= 0.6 is 23.7 Å². The summed E-state index contributed by atoms with van der Waals surface area (Å²) < 4.78 is 14.2. The highest BCUT2D eigenvalue weighted by Crippen LogP contribution is 2.39. The number of aromatic amines is 2. The fourth-order valence-electron chi connectivity index (χ4n) is 7.43. The third-order valence-corrected chi connectivity index (χ3v) is 12.0. The number of nitrogens with zero attached hydrogens (tertiary/aromatic N) is 1. The minimum Gasteiger partial charge on any atom is -0.454 e. The zero-order valence-corrected chi connectivity index (χ0v) is 32.2. The van der Waals surface area contributed by atoms with E-state index in [0.717, 1.165) is 58.4 Å². The number of hydrogen-bond acceptors (Lipinski definition) is 6. The van der Waals surface area contributed by atoms with E-state index in [2.05, 4.69) is 159 Å². The van der Waals surface area contributed by atoms with Gasteiger partial charge < -0.3 is 19.4 Å². The lowest BCUT2D eigenvalue weighted by Crippen LogP contribution is -2.25. The van der Waals surface area contributed by atoms with Crippen LogP contribution in [-0.2, 0) is 13.1 Å². The number of para-hydroxylation sites is 2. The largest absolute Gasteiger partial charge is 0.454 e. The normalized spacial score (nSPS) is 12.2. The van der Waals surface area contributed by atoms with Gasteiger partial charge in [0.1, 0.15) is 0 Å². The van der Waals surface area contributed by atoms with E-state index in [1.807, 2.05) is 30.0 Å². The molecule has 278 valence electrons. The molecule has 0 saturated heterocycles. The monoisotopic (exact) mass is 772 g/mol. The summed E-state index contributed by atoms with van der Waals surface area (Å²) in [6, 6.07) is 50.0. The smallest absolute Gasteiger partial charge is 0.261 e. The Kier molecular flexibility index (Phi) is 10.5. The first kappa shape index (κ1) is 35.8. The molecule has 1 aliphatic heterocycles. The van der Waals surface area contributed by atoms with Crippen LogP contribution in [0.2, 0.25) is 0 Å². The van der Waals surface area contributed by atoms with Crippen molar-refractivity contribution in [1.29, 1.82) is 0 Å². The zero-order valence-electron chi connectivity index (χ0n) is 30.6. The van der Waals surface area contributed by atoms with Crippen LogP contribution in [-0.4, -0.2) is 39.9 Å². The highest BCUT2D eigenvalue weighted by molar-refractivity contribution is 7.99. The van der Waals surface area contributed by atoms with Crippen molar-refractivity contribution in [3.63, 3.8) is 0 Å². The summed E-state index contributed by atoms with van der Waals surface area (Å²) in [6.45, 7) is 2.78. The molecule has 7 nitrogen and oxygen atoms in total. The van der Waals surface area contributed by atoms with Crippen molar-refractivity contribution >= 4 is 51.4 Å². The topological polar surface area (TPSA) is 82.4 Å². The van der Waals surface area contributed by atoms with Crippen LogP contribution in [0, 0.1) is 0 Å². The number of fused-ring (bicyclic) bond motifs is 3. The number of hydrogen-bond donors (Lipinski definition) is 3. The molecular weight excluding hydrogens is 733 g/mol. The van der Waals surface area contributed by atoms with E-state index in [1.54, 1.807) is 0 Å². The van der Waals surface area contributed by atoms with Crippen molar-refractivity contribution in [2.24, 2.45) is 0 Å². The van der Waals surface area contributed by atoms with Gasteiger partial charge in [0, 0.05) is 80.9 Å². The number of ether oxygens (including phenoxy) is 2. The maximum atomic E-state index is 13.4. The van der Waals surface area contributed by atoms with Crippen LogP contribution in [0.4, 0.5) is 0 Å². The van der Waals surface area contributed by atoms with Crippen LogP contribution in [0.3, 0.4) is 0 Å². The van der Waals surface area contributed by atoms with E-state index in [-0.39, 0.29) is 18.6 Å². The van der Waals surface area contributed by atoms with E-state index < -0.39 is 0 Å². The molecule has 3 N–H and O–H groups in total. The van der Waals surface area contributed by atoms with E-state index >= 15 is 0 Å². The summed E-state index contributed by atoms with van der Waals surface area (Å²) >= 11 is 3.20. The van der Waals surface area contributed by atoms with Crippen LogP contribution in [0.15, 0.2) is 168 Å². The fourth-order valence-corrected chi connectivity index (χ4v) is 8.96. The van der Waals surface area contributed by atoms with E-state index in [0.29, 0.717) is 5.56 Å². The number of H-pyrrole nitrogens is 2. The maximum absolute atomic E-state index is 13.4. The van der Waals surface area contributed by atoms with Crippen molar-refractivity contribution in [2.75, 3.05) is 19.1 Å². The summed E-state index contributed by atoms with van der Waals surface area (Å²) in [4.78, 5) is 25.0. The number of carbonyl (C=O) groups is 1. The van der Waals surface area contributed by atoms with Gasteiger partial charge in [0.25, 0.3) is 5.91 Å². The van der Waals surface area contributed by atoms with Gasteiger partial charge in [-0.25, -0.2) is 0 Å². The van der Waals surface area contributed by atoms with E-state index in [1.165, 1.54) is 49.9 Å². The van der Waals surface area contributed by atoms with Gasteiger partial charge in [-0.2, -0.15) is 0 Å². The van der Waals surface area contributed by atoms with Gasteiger partial charge >= 0.3 is 0 Å². The Morgan fingerprint density at radius 3 is 2.00 bits per heavy atom. The molecule has 0 aliphatic carbocycles. The zero-order chi connectivity index (χ0) is 37.7. The average Bonchev–Trinajstić information content (AvgIpc) is 4.01. The molecule has 0 unspecified atom stereocenters. The molecule has 9 heteroatoms. The number of benzene rings is 6. The Labute approximate surface area is 334 Å². The van der Waals surface area contributed by atoms with Crippen LogP contribution < -0.4 is 14.2 Å². The molecule has 1 aliphatic rings. The third kappa shape index (κ3) is 7.93. The highest BCUT2D eigenvalue weighted by Gasteiger charge is 2.24. The lowest BCUT2D eigenvalue weighted by atomic mass is 9.84. The van der Waals surface area contributed by atoms with Gasteiger partial charge in [-0.1, -0.05) is 84.9 Å². The predicted molar refractivity (Wildman–Crippen MR) is 228 cm³/mol. The van der Waals surface area contributed by atoms with Gasteiger partial charge in [-0.15, -0.1) is 11.8 Å². The van der Waals surface area contributed by atoms with Crippen LogP contribution in [0.1, 0.15) is 44.1 Å².